The topological polar surface area (TPSA) is 106 Å². The average Bonchev–Trinajstić information content (AvgIpc) is 2.54. The van der Waals surface area contributed by atoms with Crippen LogP contribution in [0.25, 0.3) is 0 Å². The highest BCUT2D eigenvalue weighted by Crippen LogP contribution is 2.28. The van der Waals surface area contributed by atoms with E-state index in [4.69, 9.17) is 21.6 Å². The predicted octanol–water partition coefficient (Wildman–Crippen LogP) is -0.712. The van der Waals surface area contributed by atoms with Gasteiger partial charge in [0.15, 0.2) is 11.8 Å². The molecule has 1 aromatic rings. The van der Waals surface area contributed by atoms with E-state index in [1.54, 1.807) is 0 Å². The number of anilines is 1. The second-order valence-electron chi connectivity index (χ2n) is 4.50. The van der Waals surface area contributed by atoms with E-state index < -0.39 is 0 Å². The van der Waals surface area contributed by atoms with Crippen LogP contribution in [0.15, 0.2) is 0 Å². The molecule has 2 aliphatic heterocycles. The van der Waals surface area contributed by atoms with Crippen molar-refractivity contribution in [2.24, 2.45) is 5.73 Å². The van der Waals surface area contributed by atoms with Crippen molar-refractivity contribution in [3.05, 3.63) is 11.3 Å². The smallest absolute Gasteiger partial charge is 0.188 e. The van der Waals surface area contributed by atoms with E-state index in [0.717, 1.165) is 18.5 Å². The number of hydrogen-bond donors (Lipinski definition) is 3. The van der Waals surface area contributed by atoms with Crippen LogP contribution in [0.5, 0.6) is 0 Å². The third kappa shape index (κ3) is 1.54. The van der Waals surface area contributed by atoms with E-state index in [1.807, 2.05) is 9.58 Å². The summed E-state index contributed by atoms with van der Waals surface area (Å²) in [6, 6.07) is 0.324. The van der Waals surface area contributed by atoms with E-state index in [1.165, 1.54) is 5.69 Å². The molecule has 3 heterocycles. The second kappa shape index (κ2) is 3.63. The van der Waals surface area contributed by atoms with Gasteiger partial charge in [-0.05, 0) is 0 Å². The minimum absolute atomic E-state index is 0.0924. The minimum atomic E-state index is 0.0924. The highest BCUT2D eigenvalue weighted by Gasteiger charge is 2.30. The lowest BCUT2D eigenvalue weighted by atomic mass is 10.1. The van der Waals surface area contributed by atoms with Crippen molar-refractivity contribution < 1.29 is 4.74 Å². The fourth-order valence-corrected chi connectivity index (χ4v) is 2.34. The van der Waals surface area contributed by atoms with Gasteiger partial charge in [0.05, 0.1) is 25.8 Å². The van der Waals surface area contributed by atoms with Crippen LogP contribution in [0.3, 0.4) is 0 Å². The van der Waals surface area contributed by atoms with E-state index in [-0.39, 0.29) is 5.96 Å². The van der Waals surface area contributed by atoms with Gasteiger partial charge in [-0.2, -0.15) is 5.10 Å². The lowest BCUT2D eigenvalue weighted by molar-refractivity contribution is -0.0299. The Morgan fingerprint density at radius 3 is 2.82 bits per heavy atom. The molecule has 0 bridgehead atoms. The van der Waals surface area contributed by atoms with Crippen molar-refractivity contribution in [1.29, 1.82) is 5.41 Å². The van der Waals surface area contributed by atoms with E-state index in [0.29, 0.717) is 31.6 Å². The molecule has 0 aromatic carbocycles. The van der Waals surface area contributed by atoms with Crippen LogP contribution in [-0.2, 0) is 17.7 Å². The molecule has 5 N–H and O–H groups in total. The monoisotopic (exact) mass is 236 g/mol. The highest BCUT2D eigenvalue weighted by molar-refractivity contribution is 5.75. The number of aromatic nitrogens is 2. The molecular weight excluding hydrogens is 220 g/mol. The van der Waals surface area contributed by atoms with Crippen molar-refractivity contribution in [1.82, 2.24) is 14.7 Å². The van der Waals surface area contributed by atoms with Gasteiger partial charge in [0.1, 0.15) is 0 Å². The summed E-state index contributed by atoms with van der Waals surface area (Å²) in [6.45, 7) is 2.76. The summed E-state index contributed by atoms with van der Waals surface area (Å²) < 4.78 is 7.17. The first-order chi connectivity index (χ1) is 8.16. The average molecular weight is 236 g/mol. The first kappa shape index (κ1) is 10.4. The van der Waals surface area contributed by atoms with Gasteiger partial charge in [-0.25, -0.2) is 0 Å². The van der Waals surface area contributed by atoms with Crippen LogP contribution in [0.2, 0.25) is 0 Å². The maximum absolute atomic E-state index is 7.45. The molecule has 17 heavy (non-hydrogen) atoms. The summed E-state index contributed by atoms with van der Waals surface area (Å²) in [6.07, 6.45) is 0.829. The lowest BCUT2D eigenvalue weighted by Gasteiger charge is -2.31. The summed E-state index contributed by atoms with van der Waals surface area (Å²) in [5.74, 6) is 0.646. The number of guanidine groups is 1. The SMILES string of the molecule is N=C(N)N1CCc2c(c(N)nn2C2COC2)C1. The molecule has 1 saturated heterocycles. The lowest BCUT2D eigenvalue weighted by Crippen LogP contribution is -2.41. The van der Waals surface area contributed by atoms with Crippen molar-refractivity contribution in [3.63, 3.8) is 0 Å². The van der Waals surface area contributed by atoms with Gasteiger partial charge in [-0.1, -0.05) is 0 Å². The normalized spacial score (nSPS) is 19.9. The number of nitrogens with two attached hydrogens (primary N) is 2. The van der Waals surface area contributed by atoms with Gasteiger partial charge in [0.2, 0.25) is 0 Å². The minimum Gasteiger partial charge on any atom is -0.382 e. The molecule has 1 fully saturated rings. The van der Waals surface area contributed by atoms with Gasteiger partial charge in [0, 0.05) is 24.2 Å². The Balaban J connectivity index is 1.92. The largest absolute Gasteiger partial charge is 0.382 e. The number of nitrogens with zero attached hydrogens (tertiary/aromatic N) is 3. The molecule has 0 saturated carbocycles. The molecular formula is C10H16N6O. The van der Waals surface area contributed by atoms with Crippen LogP contribution in [0, 0.1) is 5.41 Å². The molecule has 2 aliphatic rings. The van der Waals surface area contributed by atoms with Gasteiger partial charge < -0.3 is 21.1 Å². The Morgan fingerprint density at radius 2 is 2.24 bits per heavy atom. The molecule has 3 rings (SSSR count). The molecule has 0 radical (unpaired) electrons. The molecule has 0 atom stereocenters. The van der Waals surface area contributed by atoms with Gasteiger partial charge in [0.25, 0.3) is 0 Å². The third-order valence-electron chi connectivity index (χ3n) is 3.42. The Kier molecular flexibility index (Phi) is 2.22. The van der Waals surface area contributed by atoms with Crippen LogP contribution in [0.4, 0.5) is 5.82 Å². The predicted molar refractivity (Wildman–Crippen MR) is 62.5 cm³/mol. The summed E-state index contributed by atoms with van der Waals surface area (Å²) in [5.41, 5.74) is 13.6. The summed E-state index contributed by atoms with van der Waals surface area (Å²) in [4.78, 5) is 1.81. The van der Waals surface area contributed by atoms with E-state index >= 15 is 0 Å². The number of ether oxygens (including phenoxy) is 1. The van der Waals surface area contributed by atoms with Gasteiger partial charge in [-0.15, -0.1) is 0 Å². The standard InChI is InChI=1S/C10H16N6O/c11-9-7-3-15(10(12)13)2-1-8(7)16(14-9)6-4-17-5-6/h6H,1-5H2,(H2,11,14)(H3,12,13). The Labute approximate surface area is 98.8 Å². The Morgan fingerprint density at radius 1 is 1.47 bits per heavy atom. The molecule has 0 spiro atoms. The fraction of sp³-hybridized carbons (Fsp3) is 0.600. The van der Waals surface area contributed by atoms with E-state index in [2.05, 4.69) is 5.10 Å². The van der Waals surface area contributed by atoms with Crippen molar-refractivity contribution >= 4 is 11.8 Å². The first-order valence-electron chi connectivity index (χ1n) is 5.69. The number of hydrogen-bond acceptors (Lipinski definition) is 4. The van der Waals surface area contributed by atoms with Crippen molar-refractivity contribution in [2.45, 2.75) is 19.0 Å². The zero-order valence-electron chi connectivity index (χ0n) is 9.52. The second-order valence-corrected chi connectivity index (χ2v) is 4.50. The van der Waals surface area contributed by atoms with Crippen molar-refractivity contribution in [2.75, 3.05) is 25.5 Å². The van der Waals surface area contributed by atoms with Crippen LogP contribution < -0.4 is 11.5 Å². The van der Waals surface area contributed by atoms with Crippen LogP contribution >= 0.6 is 0 Å². The quantitative estimate of drug-likeness (QED) is 0.441. The highest BCUT2D eigenvalue weighted by atomic mass is 16.5. The van der Waals surface area contributed by atoms with Crippen molar-refractivity contribution in [3.8, 4) is 0 Å². The fourth-order valence-electron chi connectivity index (χ4n) is 2.34. The molecule has 1 aromatic heterocycles. The molecule has 0 amide bonds. The maximum atomic E-state index is 7.45. The maximum Gasteiger partial charge on any atom is 0.188 e. The van der Waals surface area contributed by atoms with E-state index in [9.17, 15) is 0 Å². The summed E-state index contributed by atoms with van der Waals surface area (Å²) in [5, 5.41) is 11.8. The zero-order chi connectivity index (χ0) is 12.0. The third-order valence-corrected chi connectivity index (χ3v) is 3.42. The van der Waals surface area contributed by atoms with Gasteiger partial charge >= 0.3 is 0 Å². The summed E-state index contributed by atoms with van der Waals surface area (Å²) in [7, 11) is 0. The number of nitrogens with one attached hydrogen (secondary N) is 1. The Hall–Kier alpha value is -1.76. The van der Waals surface area contributed by atoms with Gasteiger partial charge in [-0.3, -0.25) is 10.1 Å². The molecule has 0 unspecified atom stereocenters. The number of nitrogen functional groups attached to an aromatic ring is 1. The molecule has 92 valence electrons. The molecule has 7 heteroatoms. The first-order valence-corrected chi connectivity index (χ1v) is 5.69. The molecule has 7 nitrogen and oxygen atoms in total. The molecule has 0 aliphatic carbocycles. The number of fused-ring (bicyclic) bond motifs is 1. The summed E-state index contributed by atoms with van der Waals surface area (Å²) >= 11 is 0. The number of rotatable bonds is 1. The Bertz CT molecular complexity index is 464. The van der Waals surface area contributed by atoms with Crippen LogP contribution in [-0.4, -0.2) is 40.4 Å². The van der Waals surface area contributed by atoms with Crippen LogP contribution in [0.1, 0.15) is 17.3 Å². The zero-order valence-corrected chi connectivity index (χ0v) is 9.52.